The second kappa shape index (κ2) is 6.85. The average molecular weight is 397 g/mol. The number of rotatable bonds is 4. The number of carbonyl (C=O) groups excluding carboxylic acids is 2. The molecule has 0 N–H and O–H groups in total. The Hall–Kier alpha value is -2.47. The number of benzene rings is 2. The van der Waals surface area contributed by atoms with Gasteiger partial charge in [0.1, 0.15) is 0 Å². The van der Waals surface area contributed by atoms with Gasteiger partial charge in [0.25, 0.3) is 5.91 Å². The third-order valence-electron chi connectivity index (χ3n) is 6.08. The molecule has 4 rings (SSSR count). The fourth-order valence-electron chi connectivity index (χ4n) is 4.58. The van der Waals surface area contributed by atoms with E-state index in [1.807, 2.05) is 37.3 Å². The highest BCUT2D eigenvalue weighted by Crippen LogP contribution is 2.50. The van der Waals surface area contributed by atoms with Crippen molar-refractivity contribution < 1.29 is 18.0 Å². The predicted molar refractivity (Wildman–Crippen MR) is 105 cm³/mol. The lowest BCUT2D eigenvalue weighted by molar-refractivity contribution is -0.153. The second-order valence-corrected chi connectivity index (χ2v) is 9.98. The van der Waals surface area contributed by atoms with Crippen molar-refractivity contribution in [2.45, 2.75) is 48.8 Å². The summed E-state index contributed by atoms with van der Waals surface area (Å²) < 4.78 is 25.8. The number of aryl methyl sites for hydroxylation is 1. The number of amides is 2. The standard InChI is InChI=1S/C22H23NO4S/c1-16-9-11-19(12-10-16)28(26,27)22-13-5-8-18(22)14-20(24)23(21(22)25)15-17-6-3-2-4-7-17/h2-4,6-7,9-12,18H,5,8,13-15H2,1H3/t18-,22?/m1/s1. The van der Waals surface area contributed by atoms with Crippen molar-refractivity contribution in [1.82, 2.24) is 4.90 Å². The molecule has 2 aromatic carbocycles. The average Bonchev–Trinajstić information content (AvgIpc) is 3.12. The maximum absolute atomic E-state index is 13.7. The van der Waals surface area contributed by atoms with Crippen molar-refractivity contribution in [3.63, 3.8) is 0 Å². The highest BCUT2D eigenvalue weighted by molar-refractivity contribution is 7.93. The molecule has 0 bridgehead atoms. The second-order valence-electron chi connectivity index (χ2n) is 7.77. The van der Waals surface area contributed by atoms with Gasteiger partial charge in [-0.15, -0.1) is 0 Å². The number of hydrogen-bond donors (Lipinski definition) is 0. The van der Waals surface area contributed by atoms with E-state index in [0.717, 1.165) is 16.0 Å². The van der Waals surface area contributed by atoms with Crippen LogP contribution in [0.3, 0.4) is 0 Å². The lowest BCUT2D eigenvalue weighted by Gasteiger charge is -2.41. The number of sulfone groups is 1. The Kier molecular flexibility index (Phi) is 4.62. The molecule has 1 aliphatic heterocycles. The van der Waals surface area contributed by atoms with E-state index in [2.05, 4.69) is 0 Å². The van der Waals surface area contributed by atoms with Crippen molar-refractivity contribution >= 4 is 21.7 Å². The van der Waals surface area contributed by atoms with Gasteiger partial charge in [-0.3, -0.25) is 14.5 Å². The summed E-state index contributed by atoms with van der Waals surface area (Å²) in [4.78, 5) is 27.6. The van der Waals surface area contributed by atoms with Gasteiger partial charge in [-0.25, -0.2) is 8.42 Å². The third kappa shape index (κ3) is 2.78. The van der Waals surface area contributed by atoms with Crippen LogP contribution in [0.15, 0.2) is 59.5 Å². The van der Waals surface area contributed by atoms with Crippen LogP contribution < -0.4 is 0 Å². The fourth-order valence-corrected chi connectivity index (χ4v) is 6.89. The number of carbonyl (C=O) groups is 2. The summed E-state index contributed by atoms with van der Waals surface area (Å²) in [5.74, 6) is -1.29. The molecule has 1 aliphatic carbocycles. The van der Waals surface area contributed by atoms with E-state index in [0.29, 0.717) is 12.8 Å². The molecule has 1 saturated carbocycles. The largest absolute Gasteiger partial charge is 0.277 e. The van der Waals surface area contributed by atoms with Crippen LogP contribution in [0, 0.1) is 12.8 Å². The first kappa shape index (κ1) is 18.9. The van der Waals surface area contributed by atoms with Crippen LogP contribution in [0.1, 0.15) is 36.8 Å². The van der Waals surface area contributed by atoms with Crippen LogP contribution in [-0.4, -0.2) is 29.9 Å². The summed E-state index contributed by atoms with van der Waals surface area (Å²) in [5, 5.41) is 0. The Labute approximate surface area is 165 Å². The van der Waals surface area contributed by atoms with E-state index in [9.17, 15) is 18.0 Å². The minimum atomic E-state index is -3.92. The molecule has 2 aliphatic rings. The van der Waals surface area contributed by atoms with Gasteiger partial charge in [0.05, 0.1) is 11.4 Å². The van der Waals surface area contributed by atoms with Crippen LogP contribution in [0.25, 0.3) is 0 Å². The Balaban J connectivity index is 1.78. The molecule has 28 heavy (non-hydrogen) atoms. The molecular formula is C22H23NO4S. The maximum Gasteiger partial charge on any atom is 0.251 e. The third-order valence-corrected chi connectivity index (χ3v) is 8.65. The van der Waals surface area contributed by atoms with Crippen molar-refractivity contribution in [1.29, 1.82) is 0 Å². The molecule has 0 aromatic heterocycles. The number of fused-ring (bicyclic) bond motifs is 1. The molecule has 2 amide bonds. The number of nitrogens with zero attached hydrogens (tertiary/aromatic N) is 1. The summed E-state index contributed by atoms with van der Waals surface area (Å²) in [5.41, 5.74) is 1.76. The first-order valence-corrected chi connectivity index (χ1v) is 11.0. The Bertz CT molecular complexity index is 1010. The topological polar surface area (TPSA) is 71.5 Å². The summed E-state index contributed by atoms with van der Waals surface area (Å²) >= 11 is 0. The first-order valence-electron chi connectivity index (χ1n) is 9.56. The van der Waals surface area contributed by atoms with Gasteiger partial charge in [-0.1, -0.05) is 54.4 Å². The lowest BCUT2D eigenvalue weighted by Crippen LogP contribution is -2.61. The molecule has 1 heterocycles. The molecule has 5 nitrogen and oxygen atoms in total. The highest BCUT2D eigenvalue weighted by Gasteiger charge is 2.63. The molecular weight excluding hydrogens is 374 g/mol. The quantitative estimate of drug-likeness (QED) is 0.743. The van der Waals surface area contributed by atoms with Crippen LogP contribution in [0.4, 0.5) is 0 Å². The fraction of sp³-hybridized carbons (Fsp3) is 0.364. The van der Waals surface area contributed by atoms with Gasteiger partial charge in [-0.2, -0.15) is 0 Å². The number of hydrogen-bond acceptors (Lipinski definition) is 4. The normalized spacial score (nSPS) is 25.0. The van der Waals surface area contributed by atoms with Crippen LogP contribution in [0.5, 0.6) is 0 Å². The van der Waals surface area contributed by atoms with E-state index in [1.165, 1.54) is 0 Å². The molecule has 0 radical (unpaired) electrons. The van der Waals surface area contributed by atoms with Crippen molar-refractivity contribution in [3.05, 3.63) is 65.7 Å². The van der Waals surface area contributed by atoms with Gasteiger partial charge in [0.2, 0.25) is 5.91 Å². The molecule has 0 spiro atoms. The number of likely N-dealkylation sites (tertiary alicyclic amines) is 1. The molecule has 1 saturated heterocycles. The Morgan fingerprint density at radius 1 is 1.04 bits per heavy atom. The zero-order valence-corrected chi connectivity index (χ0v) is 16.6. The maximum atomic E-state index is 13.7. The van der Waals surface area contributed by atoms with E-state index in [4.69, 9.17) is 0 Å². The van der Waals surface area contributed by atoms with E-state index < -0.39 is 26.4 Å². The number of piperidine rings is 1. The first-order chi connectivity index (χ1) is 13.4. The van der Waals surface area contributed by atoms with Gasteiger partial charge in [0.15, 0.2) is 14.6 Å². The van der Waals surface area contributed by atoms with Crippen molar-refractivity contribution in [3.8, 4) is 0 Å². The van der Waals surface area contributed by atoms with Gasteiger partial charge in [-0.05, 0) is 43.4 Å². The highest BCUT2D eigenvalue weighted by atomic mass is 32.2. The summed E-state index contributed by atoms with van der Waals surface area (Å²) in [6, 6.07) is 15.8. The zero-order chi connectivity index (χ0) is 19.9. The minimum Gasteiger partial charge on any atom is -0.277 e. The van der Waals surface area contributed by atoms with Gasteiger partial charge in [0, 0.05) is 6.42 Å². The summed E-state index contributed by atoms with van der Waals surface area (Å²) in [7, 11) is -3.92. The van der Waals surface area contributed by atoms with E-state index in [-0.39, 0.29) is 30.2 Å². The predicted octanol–water partition coefficient (Wildman–Crippen LogP) is 3.27. The van der Waals surface area contributed by atoms with Crippen molar-refractivity contribution in [2.24, 2.45) is 5.92 Å². The molecule has 1 unspecified atom stereocenters. The molecule has 146 valence electrons. The van der Waals surface area contributed by atoms with Crippen LogP contribution in [0.2, 0.25) is 0 Å². The van der Waals surface area contributed by atoms with E-state index >= 15 is 0 Å². The zero-order valence-electron chi connectivity index (χ0n) is 15.8. The molecule has 2 fully saturated rings. The molecule has 6 heteroatoms. The van der Waals surface area contributed by atoms with Gasteiger partial charge < -0.3 is 0 Å². The monoisotopic (exact) mass is 397 g/mol. The molecule has 2 aromatic rings. The Morgan fingerprint density at radius 2 is 1.71 bits per heavy atom. The SMILES string of the molecule is Cc1ccc(S(=O)(=O)C23CCC[C@@H]2CC(=O)N(Cc2ccccc2)C3=O)cc1. The summed E-state index contributed by atoms with van der Waals surface area (Å²) in [6.45, 7) is 2.00. The van der Waals surface area contributed by atoms with Crippen molar-refractivity contribution in [2.75, 3.05) is 0 Å². The minimum absolute atomic E-state index is 0.101. The van der Waals surface area contributed by atoms with E-state index in [1.54, 1.807) is 24.3 Å². The lowest BCUT2D eigenvalue weighted by atomic mass is 9.86. The Morgan fingerprint density at radius 3 is 2.39 bits per heavy atom. The smallest absolute Gasteiger partial charge is 0.251 e. The molecule has 2 atom stereocenters. The van der Waals surface area contributed by atoms with Crippen LogP contribution >= 0.6 is 0 Å². The van der Waals surface area contributed by atoms with Gasteiger partial charge >= 0.3 is 0 Å². The van der Waals surface area contributed by atoms with Crippen LogP contribution in [-0.2, 0) is 26.0 Å². The number of imide groups is 1. The summed E-state index contributed by atoms with van der Waals surface area (Å²) in [6.07, 6.45) is 1.59.